The first-order chi connectivity index (χ1) is 6.86. The van der Waals surface area contributed by atoms with Gasteiger partial charge in [0.1, 0.15) is 0 Å². The van der Waals surface area contributed by atoms with Gasteiger partial charge in [-0.1, -0.05) is 18.0 Å². The van der Waals surface area contributed by atoms with Crippen LogP contribution in [0, 0.1) is 0 Å². The molecule has 5 heteroatoms. The van der Waals surface area contributed by atoms with E-state index in [1.165, 1.54) is 19.3 Å². The Labute approximate surface area is 88.3 Å². The summed E-state index contributed by atoms with van der Waals surface area (Å²) in [7, 11) is 0. The van der Waals surface area contributed by atoms with Crippen molar-refractivity contribution in [2.75, 3.05) is 18.5 Å². The first-order valence-corrected chi connectivity index (χ1v) is 5.22. The molecule has 0 atom stereocenters. The van der Waals surface area contributed by atoms with Gasteiger partial charge in [-0.25, -0.2) is 15.0 Å². The van der Waals surface area contributed by atoms with E-state index in [-0.39, 0.29) is 0 Å². The highest BCUT2D eigenvalue weighted by Gasteiger charge is 2.11. The fourth-order valence-electron chi connectivity index (χ4n) is 1.55. The second kappa shape index (κ2) is 4.57. The van der Waals surface area contributed by atoms with Crippen molar-refractivity contribution in [1.82, 2.24) is 15.0 Å². The van der Waals surface area contributed by atoms with Crippen molar-refractivity contribution in [2.45, 2.75) is 19.3 Å². The van der Waals surface area contributed by atoms with Gasteiger partial charge in [0.05, 0.1) is 0 Å². The molecule has 1 aromatic rings. The minimum Gasteiger partial charge on any atom is -0.301 e. The molecule has 1 aromatic heterocycles. The standard InChI is InChI=1S/C9H13ClN4/c10-8-9(12-5-4-11-8)13-14-6-2-1-3-7-14/h4-5H,1-3,6-7H2,(H,12,13). The van der Waals surface area contributed by atoms with Crippen LogP contribution in [0.25, 0.3) is 0 Å². The second-order valence-corrected chi connectivity index (χ2v) is 3.71. The molecular formula is C9H13ClN4. The Morgan fingerprint density at radius 3 is 2.57 bits per heavy atom. The van der Waals surface area contributed by atoms with Gasteiger partial charge in [-0.15, -0.1) is 0 Å². The van der Waals surface area contributed by atoms with Crippen molar-refractivity contribution in [3.8, 4) is 0 Å². The predicted octanol–water partition coefficient (Wildman–Crippen LogP) is 1.94. The van der Waals surface area contributed by atoms with E-state index in [1.807, 2.05) is 0 Å². The van der Waals surface area contributed by atoms with Crippen LogP contribution in [0.1, 0.15) is 19.3 Å². The lowest BCUT2D eigenvalue weighted by Crippen LogP contribution is -2.35. The van der Waals surface area contributed by atoms with Crippen LogP contribution in [0.5, 0.6) is 0 Å². The number of aromatic nitrogens is 2. The maximum absolute atomic E-state index is 5.88. The molecule has 1 saturated heterocycles. The average Bonchev–Trinajstić information content (AvgIpc) is 2.23. The number of halogens is 1. The minimum atomic E-state index is 0.429. The summed E-state index contributed by atoms with van der Waals surface area (Å²) in [5.41, 5.74) is 3.18. The van der Waals surface area contributed by atoms with Crippen LogP contribution < -0.4 is 5.43 Å². The summed E-state index contributed by atoms with van der Waals surface area (Å²) < 4.78 is 0. The molecule has 0 saturated carbocycles. The summed E-state index contributed by atoms with van der Waals surface area (Å²) in [4.78, 5) is 8.08. The molecule has 4 nitrogen and oxygen atoms in total. The molecule has 0 aromatic carbocycles. The summed E-state index contributed by atoms with van der Waals surface area (Å²) in [5, 5.41) is 2.57. The number of rotatable bonds is 2. The largest absolute Gasteiger partial charge is 0.301 e. The molecule has 1 aliphatic rings. The highest BCUT2D eigenvalue weighted by Crippen LogP contribution is 2.16. The molecule has 2 heterocycles. The SMILES string of the molecule is Clc1nccnc1NN1CCCCC1. The van der Waals surface area contributed by atoms with E-state index < -0.39 is 0 Å². The van der Waals surface area contributed by atoms with E-state index in [0.717, 1.165) is 13.1 Å². The number of nitrogens with zero attached hydrogens (tertiary/aromatic N) is 3. The molecular weight excluding hydrogens is 200 g/mol. The molecule has 76 valence electrons. The number of hydrogen-bond donors (Lipinski definition) is 1. The molecule has 0 radical (unpaired) electrons. The van der Waals surface area contributed by atoms with Crippen LogP contribution in [-0.4, -0.2) is 28.1 Å². The molecule has 14 heavy (non-hydrogen) atoms. The third kappa shape index (κ3) is 2.33. The van der Waals surface area contributed by atoms with Gasteiger partial charge in [0.25, 0.3) is 0 Å². The van der Waals surface area contributed by atoms with E-state index >= 15 is 0 Å². The van der Waals surface area contributed by atoms with Gasteiger partial charge in [0, 0.05) is 25.5 Å². The zero-order valence-electron chi connectivity index (χ0n) is 7.91. The molecule has 0 aliphatic carbocycles. The van der Waals surface area contributed by atoms with Gasteiger partial charge >= 0.3 is 0 Å². The van der Waals surface area contributed by atoms with E-state index in [1.54, 1.807) is 12.4 Å². The molecule has 0 amide bonds. The first kappa shape index (κ1) is 9.68. The van der Waals surface area contributed by atoms with Crippen molar-refractivity contribution in [3.63, 3.8) is 0 Å². The molecule has 2 rings (SSSR count). The Hall–Kier alpha value is -0.870. The van der Waals surface area contributed by atoms with Gasteiger partial charge in [0.15, 0.2) is 11.0 Å². The molecule has 0 spiro atoms. The molecule has 1 N–H and O–H groups in total. The monoisotopic (exact) mass is 212 g/mol. The first-order valence-electron chi connectivity index (χ1n) is 4.84. The van der Waals surface area contributed by atoms with Crippen molar-refractivity contribution >= 4 is 17.4 Å². The third-order valence-corrected chi connectivity index (χ3v) is 2.55. The predicted molar refractivity (Wildman–Crippen MR) is 56.1 cm³/mol. The quantitative estimate of drug-likeness (QED) is 0.814. The van der Waals surface area contributed by atoms with Gasteiger partial charge in [-0.05, 0) is 12.8 Å². The maximum Gasteiger partial charge on any atom is 0.178 e. The second-order valence-electron chi connectivity index (χ2n) is 3.36. The molecule has 1 aliphatic heterocycles. The van der Waals surface area contributed by atoms with E-state index in [9.17, 15) is 0 Å². The van der Waals surface area contributed by atoms with Crippen LogP contribution in [0.15, 0.2) is 12.4 Å². The number of nitrogens with one attached hydrogen (secondary N) is 1. The van der Waals surface area contributed by atoms with Gasteiger partial charge < -0.3 is 5.43 Å². The van der Waals surface area contributed by atoms with Crippen LogP contribution in [0.4, 0.5) is 5.82 Å². The van der Waals surface area contributed by atoms with Crippen LogP contribution >= 0.6 is 11.6 Å². The van der Waals surface area contributed by atoms with Gasteiger partial charge in [-0.3, -0.25) is 0 Å². The van der Waals surface area contributed by atoms with Crippen LogP contribution in [-0.2, 0) is 0 Å². The van der Waals surface area contributed by atoms with Gasteiger partial charge in [0.2, 0.25) is 0 Å². The van der Waals surface area contributed by atoms with Crippen LogP contribution in [0.3, 0.4) is 0 Å². The van der Waals surface area contributed by atoms with Gasteiger partial charge in [-0.2, -0.15) is 0 Å². The Kier molecular flexibility index (Phi) is 3.16. The zero-order chi connectivity index (χ0) is 9.80. The number of hydrazine groups is 1. The van der Waals surface area contributed by atoms with E-state index in [4.69, 9.17) is 11.6 Å². The number of piperidine rings is 1. The summed E-state index contributed by atoms with van der Waals surface area (Å²) in [6.45, 7) is 2.10. The smallest absolute Gasteiger partial charge is 0.178 e. The number of hydrogen-bond acceptors (Lipinski definition) is 4. The average molecular weight is 213 g/mol. The maximum atomic E-state index is 5.88. The van der Waals surface area contributed by atoms with E-state index in [0.29, 0.717) is 11.0 Å². The van der Waals surface area contributed by atoms with E-state index in [2.05, 4.69) is 20.4 Å². The summed E-state index contributed by atoms with van der Waals surface area (Å²) in [5.74, 6) is 0.649. The highest BCUT2D eigenvalue weighted by atomic mass is 35.5. The van der Waals surface area contributed by atoms with Crippen molar-refractivity contribution in [3.05, 3.63) is 17.5 Å². The Morgan fingerprint density at radius 1 is 1.14 bits per heavy atom. The van der Waals surface area contributed by atoms with Crippen LogP contribution in [0.2, 0.25) is 5.15 Å². The lowest BCUT2D eigenvalue weighted by Gasteiger charge is -2.27. The summed E-state index contributed by atoms with van der Waals surface area (Å²) in [6.07, 6.45) is 6.99. The van der Waals surface area contributed by atoms with Crippen molar-refractivity contribution in [1.29, 1.82) is 0 Å². The lowest BCUT2D eigenvalue weighted by molar-refractivity contribution is 0.272. The fourth-order valence-corrected chi connectivity index (χ4v) is 1.70. The fraction of sp³-hybridized carbons (Fsp3) is 0.556. The van der Waals surface area contributed by atoms with Crippen molar-refractivity contribution < 1.29 is 0 Å². The minimum absolute atomic E-state index is 0.429. The zero-order valence-corrected chi connectivity index (χ0v) is 8.67. The topological polar surface area (TPSA) is 41.1 Å². The molecule has 0 unspecified atom stereocenters. The van der Waals surface area contributed by atoms with Crippen molar-refractivity contribution in [2.24, 2.45) is 0 Å². The summed E-state index contributed by atoms with van der Waals surface area (Å²) in [6, 6.07) is 0. The highest BCUT2D eigenvalue weighted by molar-refractivity contribution is 6.31. The molecule has 0 bridgehead atoms. The Balaban J connectivity index is 1.99. The Morgan fingerprint density at radius 2 is 1.86 bits per heavy atom. The Bertz CT molecular complexity index is 299. The molecule has 1 fully saturated rings. The number of anilines is 1. The normalized spacial score (nSPS) is 18.1. The summed E-state index contributed by atoms with van der Waals surface area (Å²) >= 11 is 5.88. The lowest BCUT2D eigenvalue weighted by atomic mass is 10.2. The third-order valence-electron chi connectivity index (χ3n) is 2.27.